The number of amides is 1. The highest BCUT2D eigenvalue weighted by Gasteiger charge is 2.20. The highest BCUT2D eigenvalue weighted by Crippen LogP contribution is 2.19. The van der Waals surface area contributed by atoms with E-state index in [1.54, 1.807) is 11.8 Å². The number of hydrogen-bond acceptors (Lipinski definition) is 4. The molecule has 1 aliphatic heterocycles. The van der Waals surface area contributed by atoms with Crippen LogP contribution < -0.4 is 10.6 Å². The first kappa shape index (κ1) is 13.8. The summed E-state index contributed by atoms with van der Waals surface area (Å²) in [5, 5.41) is 15.8. The van der Waals surface area contributed by atoms with Gasteiger partial charge >= 0.3 is 0 Å². The molecule has 1 rings (SSSR count). The molecule has 0 saturated carbocycles. The van der Waals surface area contributed by atoms with Gasteiger partial charge in [-0.1, -0.05) is 0 Å². The molecule has 0 spiro atoms. The SMILES string of the molecule is CC(C)(CO)NC(=O)CSC1CCNCC1. The van der Waals surface area contributed by atoms with E-state index in [2.05, 4.69) is 10.6 Å². The number of hydrogen-bond donors (Lipinski definition) is 3. The molecule has 0 radical (unpaired) electrons. The minimum absolute atomic E-state index is 0.0163. The monoisotopic (exact) mass is 246 g/mol. The van der Waals surface area contributed by atoms with E-state index < -0.39 is 5.54 Å². The molecule has 3 N–H and O–H groups in total. The predicted molar refractivity (Wildman–Crippen MR) is 67.7 cm³/mol. The molecule has 0 aliphatic carbocycles. The van der Waals surface area contributed by atoms with Gasteiger partial charge in [0.25, 0.3) is 0 Å². The first-order valence-corrected chi connectivity index (χ1v) is 6.82. The molecule has 4 nitrogen and oxygen atoms in total. The van der Waals surface area contributed by atoms with E-state index in [0.717, 1.165) is 25.9 Å². The van der Waals surface area contributed by atoms with Crippen LogP contribution in [0.5, 0.6) is 0 Å². The highest BCUT2D eigenvalue weighted by atomic mass is 32.2. The molecule has 94 valence electrons. The minimum atomic E-state index is -0.508. The average molecular weight is 246 g/mol. The lowest BCUT2D eigenvalue weighted by Crippen LogP contribution is -2.47. The summed E-state index contributed by atoms with van der Waals surface area (Å²) in [7, 11) is 0. The summed E-state index contributed by atoms with van der Waals surface area (Å²) in [6.07, 6.45) is 2.28. The van der Waals surface area contributed by atoms with Gasteiger partial charge in [-0.25, -0.2) is 0 Å². The van der Waals surface area contributed by atoms with E-state index in [9.17, 15) is 4.79 Å². The van der Waals surface area contributed by atoms with Crippen molar-refractivity contribution in [2.45, 2.75) is 37.5 Å². The topological polar surface area (TPSA) is 61.4 Å². The van der Waals surface area contributed by atoms with Crippen molar-refractivity contribution in [3.05, 3.63) is 0 Å². The van der Waals surface area contributed by atoms with Crippen molar-refractivity contribution in [1.29, 1.82) is 0 Å². The van der Waals surface area contributed by atoms with Gasteiger partial charge < -0.3 is 15.7 Å². The third kappa shape index (κ3) is 5.18. The van der Waals surface area contributed by atoms with Gasteiger partial charge in [-0.3, -0.25) is 4.79 Å². The lowest BCUT2D eigenvalue weighted by Gasteiger charge is -2.25. The Balaban J connectivity index is 2.19. The van der Waals surface area contributed by atoms with Gasteiger partial charge in [-0.15, -0.1) is 11.8 Å². The third-order valence-electron chi connectivity index (χ3n) is 2.61. The van der Waals surface area contributed by atoms with E-state index in [-0.39, 0.29) is 12.5 Å². The van der Waals surface area contributed by atoms with Crippen molar-refractivity contribution < 1.29 is 9.90 Å². The van der Waals surface area contributed by atoms with Crippen LogP contribution in [0.1, 0.15) is 26.7 Å². The molecule has 1 saturated heterocycles. The molecule has 0 aromatic rings. The summed E-state index contributed by atoms with van der Waals surface area (Å²) in [5.41, 5.74) is -0.508. The number of nitrogens with one attached hydrogen (secondary N) is 2. The van der Waals surface area contributed by atoms with Crippen molar-refractivity contribution >= 4 is 17.7 Å². The zero-order valence-corrected chi connectivity index (χ0v) is 10.9. The Bertz CT molecular complexity index is 228. The van der Waals surface area contributed by atoms with E-state index in [4.69, 9.17) is 5.11 Å². The smallest absolute Gasteiger partial charge is 0.230 e. The molecular weight excluding hydrogens is 224 g/mol. The fourth-order valence-corrected chi connectivity index (χ4v) is 2.64. The highest BCUT2D eigenvalue weighted by molar-refractivity contribution is 8.00. The third-order valence-corrected chi connectivity index (χ3v) is 3.98. The molecule has 1 heterocycles. The van der Waals surface area contributed by atoms with Gasteiger partial charge in [0.15, 0.2) is 0 Å². The van der Waals surface area contributed by atoms with Crippen molar-refractivity contribution in [3.63, 3.8) is 0 Å². The molecule has 5 heteroatoms. The Morgan fingerprint density at radius 2 is 2.12 bits per heavy atom. The van der Waals surface area contributed by atoms with Crippen LogP contribution in [-0.2, 0) is 4.79 Å². The van der Waals surface area contributed by atoms with Crippen LogP contribution in [0.2, 0.25) is 0 Å². The van der Waals surface area contributed by atoms with E-state index in [0.29, 0.717) is 11.0 Å². The maximum Gasteiger partial charge on any atom is 0.230 e. The Morgan fingerprint density at radius 1 is 1.50 bits per heavy atom. The Labute approximate surface area is 102 Å². The van der Waals surface area contributed by atoms with Crippen molar-refractivity contribution in [3.8, 4) is 0 Å². The summed E-state index contributed by atoms with van der Waals surface area (Å²) >= 11 is 1.72. The zero-order chi connectivity index (χ0) is 12.0. The normalized spacial score (nSPS) is 18.4. The number of aliphatic hydroxyl groups is 1. The van der Waals surface area contributed by atoms with E-state index >= 15 is 0 Å². The van der Waals surface area contributed by atoms with Crippen LogP contribution in [0, 0.1) is 0 Å². The van der Waals surface area contributed by atoms with E-state index in [1.807, 2.05) is 13.8 Å². The summed E-state index contributed by atoms with van der Waals surface area (Å²) in [6.45, 7) is 5.72. The van der Waals surface area contributed by atoms with Gasteiger partial charge in [-0.2, -0.15) is 0 Å². The maximum absolute atomic E-state index is 11.6. The fourth-order valence-electron chi connectivity index (χ4n) is 1.61. The first-order chi connectivity index (χ1) is 7.53. The molecule has 0 bridgehead atoms. The summed E-state index contributed by atoms with van der Waals surface area (Å²) < 4.78 is 0. The molecular formula is C11H22N2O2S. The second kappa shape index (κ2) is 6.47. The number of piperidine rings is 1. The molecule has 1 fully saturated rings. The van der Waals surface area contributed by atoms with Crippen LogP contribution in [0.4, 0.5) is 0 Å². The average Bonchev–Trinajstić information content (AvgIpc) is 2.27. The maximum atomic E-state index is 11.6. The number of carbonyl (C=O) groups excluding carboxylic acids is 1. The molecule has 1 amide bonds. The summed E-state index contributed by atoms with van der Waals surface area (Å²) in [6, 6.07) is 0. The number of aliphatic hydroxyl groups excluding tert-OH is 1. The Morgan fingerprint density at radius 3 is 2.69 bits per heavy atom. The Kier molecular flexibility index (Phi) is 5.58. The molecule has 0 atom stereocenters. The van der Waals surface area contributed by atoms with Gasteiger partial charge in [0.1, 0.15) is 0 Å². The lowest BCUT2D eigenvalue weighted by atomic mass is 10.1. The van der Waals surface area contributed by atoms with Gasteiger partial charge in [0.05, 0.1) is 17.9 Å². The second-order valence-electron chi connectivity index (χ2n) is 4.85. The number of carbonyl (C=O) groups is 1. The van der Waals surface area contributed by atoms with Crippen LogP contribution in [-0.4, -0.2) is 47.3 Å². The van der Waals surface area contributed by atoms with Gasteiger partial charge in [0, 0.05) is 5.25 Å². The Hall–Kier alpha value is -0.260. The van der Waals surface area contributed by atoms with Gasteiger partial charge in [-0.05, 0) is 39.8 Å². The molecule has 0 unspecified atom stereocenters. The predicted octanol–water partition coefficient (Wildman–Crippen LogP) is 0.359. The van der Waals surface area contributed by atoms with Crippen molar-refractivity contribution in [2.75, 3.05) is 25.4 Å². The molecule has 16 heavy (non-hydrogen) atoms. The largest absolute Gasteiger partial charge is 0.394 e. The standard InChI is InChI=1S/C11H22N2O2S/c1-11(2,8-14)13-10(15)7-16-9-3-5-12-6-4-9/h9,12,14H,3-8H2,1-2H3,(H,13,15). The van der Waals surface area contributed by atoms with Crippen LogP contribution in [0.25, 0.3) is 0 Å². The minimum Gasteiger partial charge on any atom is -0.394 e. The fraction of sp³-hybridized carbons (Fsp3) is 0.909. The summed E-state index contributed by atoms with van der Waals surface area (Å²) in [4.78, 5) is 11.6. The molecule has 0 aromatic carbocycles. The number of thioether (sulfide) groups is 1. The summed E-state index contributed by atoms with van der Waals surface area (Å²) in [5.74, 6) is 0.510. The van der Waals surface area contributed by atoms with Crippen molar-refractivity contribution in [2.24, 2.45) is 0 Å². The van der Waals surface area contributed by atoms with Crippen LogP contribution >= 0.6 is 11.8 Å². The van der Waals surface area contributed by atoms with Crippen molar-refractivity contribution in [1.82, 2.24) is 10.6 Å². The number of rotatable bonds is 5. The lowest BCUT2D eigenvalue weighted by molar-refractivity contribution is -0.120. The van der Waals surface area contributed by atoms with Crippen LogP contribution in [0.15, 0.2) is 0 Å². The second-order valence-corrected chi connectivity index (χ2v) is 6.14. The van der Waals surface area contributed by atoms with Crippen LogP contribution in [0.3, 0.4) is 0 Å². The quantitative estimate of drug-likeness (QED) is 0.655. The molecule has 0 aromatic heterocycles. The zero-order valence-electron chi connectivity index (χ0n) is 10.1. The van der Waals surface area contributed by atoms with Gasteiger partial charge in [0.2, 0.25) is 5.91 Å². The van der Waals surface area contributed by atoms with E-state index in [1.165, 1.54) is 0 Å². The first-order valence-electron chi connectivity index (χ1n) is 5.78. The molecule has 1 aliphatic rings.